The Balaban J connectivity index is 1.48. The van der Waals surface area contributed by atoms with E-state index in [0.29, 0.717) is 26.1 Å². The van der Waals surface area contributed by atoms with Crippen LogP contribution in [0.1, 0.15) is 16.8 Å². The topological polar surface area (TPSA) is 46.0 Å². The lowest BCUT2D eigenvalue weighted by Crippen LogP contribution is -2.38. The Morgan fingerprint density at radius 3 is 2.64 bits per heavy atom. The van der Waals surface area contributed by atoms with Crippen LogP contribution in [0.15, 0.2) is 54.7 Å². The molecule has 0 unspecified atom stereocenters. The van der Waals surface area contributed by atoms with Gasteiger partial charge in [0.05, 0.1) is 30.7 Å². The number of para-hydroxylation sites is 1. The van der Waals surface area contributed by atoms with Gasteiger partial charge >= 0.3 is 6.18 Å². The number of nitrogens with one attached hydrogen (secondary N) is 1. The number of fused-ring (bicyclic) bond motifs is 1. The Labute approximate surface area is 160 Å². The molecule has 0 atom stereocenters. The molecule has 0 spiro atoms. The van der Waals surface area contributed by atoms with E-state index in [-0.39, 0.29) is 0 Å². The van der Waals surface area contributed by atoms with Crippen molar-refractivity contribution >= 4 is 5.69 Å². The SMILES string of the molecule is FC(F)(F)CN1CCc2c(cccc2NCc2cnnn2-c2ccccc2)C1. The maximum absolute atomic E-state index is 12.7. The Morgan fingerprint density at radius 1 is 1.04 bits per heavy atom. The highest BCUT2D eigenvalue weighted by atomic mass is 19.4. The molecule has 0 saturated carbocycles. The van der Waals surface area contributed by atoms with Crippen molar-refractivity contribution in [2.45, 2.75) is 25.7 Å². The minimum atomic E-state index is -4.17. The first-order valence-corrected chi connectivity index (χ1v) is 9.08. The zero-order valence-corrected chi connectivity index (χ0v) is 15.2. The maximum Gasteiger partial charge on any atom is 0.401 e. The fourth-order valence-electron chi connectivity index (χ4n) is 3.57. The predicted octanol–water partition coefficient (Wildman–Crippen LogP) is 3.80. The quantitative estimate of drug-likeness (QED) is 0.723. The lowest BCUT2D eigenvalue weighted by molar-refractivity contribution is -0.147. The molecule has 28 heavy (non-hydrogen) atoms. The maximum atomic E-state index is 12.7. The Bertz CT molecular complexity index is 937. The normalized spacial score (nSPS) is 14.7. The Morgan fingerprint density at radius 2 is 1.86 bits per heavy atom. The minimum Gasteiger partial charge on any atom is -0.379 e. The first kappa shape index (κ1) is 18.5. The minimum absolute atomic E-state index is 0.313. The molecule has 2 heterocycles. The summed E-state index contributed by atoms with van der Waals surface area (Å²) in [5.41, 5.74) is 4.80. The first-order valence-electron chi connectivity index (χ1n) is 9.08. The molecule has 0 aliphatic carbocycles. The molecule has 0 bridgehead atoms. The van der Waals surface area contributed by atoms with Crippen LogP contribution in [0.2, 0.25) is 0 Å². The van der Waals surface area contributed by atoms with Crippen molar-refractivity contribution in [2.24, 2.45) is 0 Å². The molecular formula is C20H20F3N5. The van der Waals surface area contributed by atoms with Crippen LogP contribution < -0.4 is 5.32 Å². The number of halogens is 3. The average Bonchev–Trinajstić information content (AvgIpc) is 3.14. The van der Waals surface area contributed by atoms with Crippen LogP contribution in [-0.2, 0) is 19.5 Å². The fourth-order valence-corrected chi connectivity index (χ4v) is 3.57. The van der Waals surface area contributed by atoms with Gasteiger partial charge in [-0.1, -0.05) is 35.5 Å². The van der Waals surface area contributed by atoms with E-state index >= 15 is 0 Å². The number of anilines is 1. The van der Waals surface area contributed by atoms with E-state index in [1.165, 1.54) is 4.90 Å². The molecule has 0 saturated heterocycles. The van der Waals surface area contributed by atoms with E-state index < -0.39 is 12.7 Å². The van der Waals surface area contributed by atoms with Gasteiger partial charge < -0.3 is 5.32 Å². The number of hydrogen-bond acceptors (Lipinski definition) is 4. The van der Waals surface area contributed by atoms with E-state index in [9.17, 15) is 13.2 Å². The van der Waals surface area contributed by atoms with E-state index in [1.807, 2.05) is 48.5 Å². The van der Waals surface area contributed by atoms with Gasteiger partial charge in [0.1, 0.15) is 0 Å². The monoisotopic (exact) mass is 387 g/mol. The second-order valence-electron chi connectivity index (χ2n) is 6.85. The summed E-state index contributed by atoms with van der Waals surface area (Å²) in [5.74, 6) is 0. The van der Waals surface area contributed by atoms with Gasteiger partial charge in [-0.25, -0.2) is 4.68 Å². The van der Waals surface area contributed by atoms with Gasteiger partial charge in [0, 0.05) is 18.8 Å². The van der Waals surface area contributed by atoms with Crippen LogP contribution in [0.4, 0.5) is 18.9 Å². The van der Waals surface area contributed by atoms with Gasteiger partial charge in [0.25, 0.3) is 0 Å². The zero-order chi connectivity index (χ0) is 19.6. The summed E-state index contributed by atoms with van der Waals surface area (Å²) < 4.78 is 39.8. The Hall–Kier alpha value is -2.87. The first-order chi connectivity index (χ1) is 13.5. The molecule has 3 aromatic rings. The number of rotatable bonds is 5. The average molecular weight is 387 g/mol. The smallest absolute Gasteiger partial charge is 0.379 e. The molecule has 0 fully saturated rings. The highest BCUT2D eigenvalue weighted by Crippen LogP contribution is 2.28. The van der Waals surface area contributed by atoms with Gasteiger partial charge in [-0.15, -0.1) is 5.10 Å². The molecule has 0 radical (unpaired) electrons. The van der Waals surface area contributed by atoms with Crippen molar-refractivity contribution in [3.8, 4) is 5.69 Å². The number of alkyl halides is 3. The van der Waals surface area contributed by atoms with Crippen LogP contribution in [0.5, 0.6) is 0 Å². The third kappa shape index (κ3) is 4.17. The highest BCUT2D eigenvalue weighted by Gasteiger charge is 2.32. The van der Waals surface area contributed by atoms with Crippen LogP contribution >= 0.6 is 0 Å². The molecule has 1 N–H and O–H groups in total. The van der Waals surface area contributed by atoms with Crippen molar-refractivity contribution in [1.29, 1.82) is 0 Å². The molecule has 4 rings (SSSR count). The highest BCUT2D eigenvalue weighted by molar-refractivity contribution is 5.56. The third-order valence-electron chi connectivity index (χ3n) is 4.83. The molecular weight excluding hydrogens is 367 g/mol. The van der Waals surface area contributed by atoms with Crippen molar-refractivity contribution in [3.05, 3.63) is 71.5 Å². The molecule has 0 amide bonds. The summed E-state index contributed by atoms with van der Waals surface area (Å²) in [4.78, 5) is 1.44. The lowest BCUT2D eigenvalue weighted by Gasteiger charge is -2.30. The summed E-state index contributed by atoms with van der Waals surface area (Å²) >= 11 is 0. The molecule has 1 aliphatic rings. The van der Waals surface area contributed by atoms with Gasteiger partial charge in [0.2, 0.25) is 0 Å². The van der Waals surface area contributed by atoms with Gasteiger partial charge in [-0.3, -0.25) is 4.90 Å². The Kier molecular flexibility index (Phi) is 5.04. The van der Waals surface area contributed by atoms with Crippen LogP contribution in [0.25, 0.3) is 5.69 Å². The van der Waals surface area contributed by atoms with Crippen molar-refractivity contribution < 1.29 is 13.2 Å². The third-order valence-corrected chi connectivity index (χ3v) is 4.83. The van der Waals surface area contributed by atoms with Crippen LogP contribution in [0.3, 0.4) is 0 Å². The fraction of sp³-hybridized carbons (Fsp3) is 0.300. The number of hydrogen-bond donors (Lipinski definition) is 1. The van der Waals surface area contributed by atoms with E-state index in [1.54, 1.807) is 10.9 Å². The van der Waals surface area contributed by atoms with Crippen molar-refractivity contribution in [2.75, 3.05) is 18.4 Å². The standard InChI is InChI=1S/C20H20F3N5/c21-20(22,23)14-27-10-9-18-15(13-27)5-4-8-19(18)24-11-17-12-25-26-28(17)16-6-2-1-3-7-16/h1-8,12,24H,9-11,13-14H2. The van der Waals surface area contributed by atoms with Gasteiger partial charge in [-0.05, 0) is 35.7 Å². The lowest BCUT2D eigenvalue weighted by atomic mass is 9.97. The molecule has 2 aromatic carbocycles. The zero-order valence-electron chi connectivity index (χ0n) is 15.2. The molecule has 5 nitrogen and oxygen atoms in total. The van der Waals surface area contributed by atoms with Gasteiger partial charge in [0.15, 0.2) is 0 Å². The molecule has 8 heteroatoms. The molecule has 1 aromatic heterocycles. The number of aromatic nitrogens is 3. The van der Waals surface area contributed by atoms with Crippen molar-refractivity contribution in [3.63, 3.8) is 0 Å². The van der Waals surface area contributed by atoms with E-state index in [2.05, 4.69) is 15.6 Å². The molecule has 1 aliphatic heterocycles. The van der Waals surface area contributed by atoms with Crippen LogP contribution in [0, 0.1) is 0 Å². The number of nitrogens with zero attached hydrogens (tertiary/aromatic N) is 4. The van der Waals surface area contributed by atoms with Gasteiger partial charge in [-0.2, -0.15) is 13.2 Å². The summed E-state index contributed by atoms with van der Waals surface area (Å²) in [6.07, 6.45) is -1.87. The molecule has 146 valence electrons. The summed E-state index contributed by atoms with van der Waals surface area (Å²) in [6, 6.07) is 15.5. The van der Waals surface area contributed by atoms with Crippen LogP contribution in [-0.4, -0.2) is 39.2 Å². The predicted molar refractivity (Wildman–Crippen MR) is 100 cm³/mol. The second-order valence-corrected chi connectivity index (χ2v) is 6.85. The summed E-state index contributed by atoms with van der Waals surface area (Å²) in [6.45, 7) is 0.360. The number of benzene rings is 2. The summed E-state index contributed by atoms with van der Waals surface area (Å²) in [7, 11) is 0. The second kappa shape index (κ2) is 7.63. The summed E-state index contributed by atoms with van der Waals surface area (Å²) in [5, 5.41) is 11.6. The van der Waals surface area contributed by atoms with E-state index in [4.69, 9.17) is 0 Å². The largest absolute Gasteiger partial charge is 0.401 e. The van der Waals surface area contributed by atoms with Crippen molar-refractivity contribution in [1.82, 2.24) is 19.9 Å². The van der Waals surface area contributed by atoms with E-state index in [0.717, 1.165) is 28.2 Å².